The second-order valence-electron chi connectivity index (χ2n) is 6.55. The van der Waals surface area contributed by atoms with E-state index < -0.39 is 0 Å². The van der Waals surface area contributed by atoms with Crippen LogP contribution in [0.5, 0.6) is 0 Å². The second-order valence-corrected chi connectivity index (χ2v) is 7.04. The van der Waals surface area contributed by atoms with E-state index in [1.165, 1.54) is 24.0 Å². The van der Waals surface area contributed by atoms with Crippen molar-refractivity contribution < 1.29 is 0 Å². The van der Waals surface area contributed by atoms with Crippen LogP contribution in [0.2, 0.25) is 0 Å². The molecule has 3 nitrogen and oxygen atoms in total. The Labute approximate surface area is 150 Å². The third-order valence-electron chi connectivity index (χ3n) is 4.84. The molecule has 2 aliphatic rings. The predicted octanol–water partition coefficient (Wildman–Crippen LogP) is 4.26. The third kappa shape index (κ3) is 3.50. The number of fused-ring (bicyclic) bond motifs is 1. The van der Waals surface area contributed by atoms with Gasteiger partial charge >= 0.3 is 0 Å². The van der Waals surface area contributed by atoms with Crippen LogP contribution in [0.4, 0.5) is 5.69 Å². The molecule has 0 spiro atoms. The van der Waals surface area contributed by atoms with Crippen LogP contribution in [0.3, 0.4) is 0 Å². The topological polar surface area (TPSA) is 41.6 Å². The second kappa shape index (κ2) is 7.41. The standard InChI is InChI=1S/C20H25N3S/c1-3-6-18-17-13-15(10-9-14(17)11-12-23(18)2)22-20(21)16-7-4-5-8-19(16)24/h4-5,7,9-10,13,18H,3,6,8,11-12H2,1-2H3,(H2,21,22). The molecule has 2 N–H and O–H groups in total. The van der Waals surface area contributed by atoms with Gasteiger partial charge < -0.3 is 5.73 Å². The summed E-state index contributed by atoms with van der Waals surface area (Å²) in [7, 11) is 2.21. The third-order valence-corrected chi connectivity index (χ3v) is 5.23. The molecule has 1 atom stereocenters. The first kappa shape index (κ1) is 17.1. The Bertz CT molecular complexity index is 730. The summed E-state index contributed by atoms with van der Waals surface area (Å²) in [6.07, 6.45) is 10.2. The van der Waals surface area contributed by atoms with E-state index in [-0.39, 0.29) is 0 Å². The van der Waals surface area contributed by atoms with Crippen molar-refractivity contribution in [3.8, 4) is 0 Å². The number of likely N-dealkylation sites (N-methyl/N-ethyl adjacent to an activating group) is 1. The van der Waals surface area contributed by atoms with Crippen LogP contribution in [-0.2, 0) is 6.42 Å². The molecule has 0 bridgehead atoms. The van der Waals surface area contributed by atoms with Gasteiger partial charge in [-0.2, -0.15) is 0 Å². The van der Waals surface area contributed by atoms with E-state index >= 15 is 0 Å². The number of thiocarbonyl (C=S) groups is 1. The molecule has 1 aromatic rings. The van der Waals surface area contributed by atoms with E-state index in [0.29, 0.717) is 11.9 Å². The van der Waals surface area contributed by atoms with Gasteiger partial charge in [0.1, 0.15) is 5.84 Å². The maximum atomic E-state index is 6.22. The smallest absolute Gasteiger partial charge is 0.132 e. The highest BCUT2D eigenvalue weighted by Crippen LogP contribution is 2.34. The van der Waals surface area contributed by atoms with Gasteiger partial charge in [0, 0.05) is 29.4 Å². The molecular weight excluding hydrogens is 314 g/mol. The van der Waals surface area contributed by atoms with Gasteiger partial charge in [-0.15, -0.1) is 0 Å². The molecule has 1 heterocycles. The Hall–Kier alpha value is -1.78. The number of rotatable bonds is 4. The van der Waals surface area contributed by atoms with E-state index in [1.54, 1.807) is 0 Å². The van der Waals surface area contributed by atoms with Crippen molar-refractivity contribution in [1.82, 2.24) is 4.90 Å². The zero-order chi connectivity index (χ0) is 17.1. The van der Waals surface area contributed by atoms with Crippen molar-refractivity contribution in [3.05, 3.63) is 53.1 Å². The minimum Gasteiger partial charge on any atom is -0.383 e. The van der Waals surface area contributed by atoms with Crippen molar-refractivity contribution in [3.63, 3.8) is 0 Å². The van der Waals surface area contributed by atoms with Gasteiger partial charge in [0.15, 0.2) is 0 Å². The summed E-state index contributed by atoms with van der Waals surface area (Å²) in [5, 5.41) is 0. The lowest BCUT2D eigenvalue weighted by Crippen LogP contribution is -2.32. The lowest BCUT2D eigenvalue weighted by Gasteiger charge is -2.34. The zero-order valence-corrected chi connectivity index (χ0v) is 15.3. The molecule has 0 saturated heterocycles. The average Bonchev–Trinajstić information content (AvgIpc) is 2.58. The molecular formula is C20H25N3S. The molecule has 126 valence electrons. The van der Waals surface area contributed by atoms with Gasteiger partial charge in [0.2, 0.25) is 0 Å². The van der Waals surface area contributed by atoms with E-state index in [9.17, 15) is 0 Å². The number of benzene rings is 1. The highest BCUT2D eigenvalue weighted by atomic mass is 32.1. The number of hydrogen-bond acceptors (Lipinski definition) is 3. The van der Waals surface area contributed by atoms with Crippen molar-refractivity contribution in [2.45, 2.75) is 38.6 Å². The first-order valence-electron chi connectivity index (χ1n) is 8.67. The Morgan fingerprint density at radius 2 is 2.25 bits per heavy atom. The van der Waals surface area contributed by atoms with Crippen molar-refractivity contribution >= 4 is 28.6 Å². The monoisotopic (exact) mass is 339 g/mol. The summed E-state index contributed by atoms with van der Waals surface area (Å²) in [4.78, 5) is 7.96. The molecule has 0 aromatic heterocycles. The molecule has 0 radical (unpaired) electrons. The summed E-state index contributed by atoms with van der Waals surface area (Å²) in [6, 6.07) is 6.97. The number of amidine groups is 1. The van der Waals surface area contributed by atoms with Crippen molar-refractivity contribution in [2.75, 3.05) is 13.6 Å². The lowest BCUT2D eigenvalue weighted by atomic mass is 9.90. The molecule has 1 aromatic carbocycles. The van der Waals surface area contributed by atoms with Gasteiger partial charge in [-0.3, -0.25) is 4.90 Å². The minimum atomic E-state index is 0.480. The molecule has 1 aliphatic heterocycles. The first-order chi connectivity index (χ1) is 11.6. The largest absolute Gasteiger partial charge is 0.383 e. The molecule has 3 rings (SSSR count). The lowest BCUT2D eigenvalue weighted by molar-refractivity contribution is 0.218. The highest BCUT2D eigenvalue weighted by molar-refractivity contribution is 7.81. The van der Waals surface area contributed by atoms with Crippen LogP contribution in [-0.4, -0.2) is 29.2 Å². The highest BCUT2D eigenvalue weighted by Gasteiger charge is 2.24. The summed E-state index contributed by atoms with van der Waals surface area (Å²) in [5.41, 5.74) is 10.9. The molecule has 1 aliphatic carbocycles. The van der Waals surface area contributed by atoms with Gasteiger partial charge in [-0.1, -0.05) is 49.9 Å². The Balaban J connectivity index is 1.93. The number of allylic oxidation sites excluding steroid dienone is 3. The quantitative estimate of drug-likeness (QED) is 0.506. The fourth-order valence-electron chi connectivity index (χ4n) is 3.50. The number of nitrogens with zero attached hydrogens (tertiary/aromatic N) is 2. The van der Waals surface area contributed by atoms with Crippen molar-refractivity contribution in [2.24, 2.45) is 10.7 Å². The number of aliphatic imine (C=N–C) groups is 1. The Kier molecular flexibility index (Phi) is 5.27. The fourth-order valence-corrected chi connectivity index (χ4v) is 3.77. The number of nitrogens with two attached hydrogens (primary N) is 1. The maximum absolute atomic E-state index is 6.22. The van der Waals surface area contributed by atoms with E-state index in [4.69, 9.17) is 18.0 Å². The van der Waals surface area contributed by atoms with Crippen LogP contribution in [0.15, 0.2) is 47.0 Å². The molecule has 0 amide bonds. The molecule has 0 fully saturated rings. The SMILES string of the molecule is CCCC1c2cc(N=C(N)C3=CC=CCC3=S)ccc2CCN1C. The Morgan fingerprint density at radius 1 is 1.42 bits per heavy atom. The Morgan fingerprint density at radius 3 is 3.00 bits per heavy atom. The van der Waals surface area contributed by atoms with Crippen molar-refractivity contribution in [1.29, 1.82) is 0 Å². The molecule has 4 heteroatoms. The van der Waals surface area contributed by atoms with Gasteiger partial charge in [-0.05, 0) is 43.1 Å². The molecule has 0 saturated carbocycles. The zero-order valence-electron chi connectivity index (χ0n) is 14.5. The minimum absolute atomic E-state index is 0.480. The summed E-state index contributed by atoms with van der Waals surface area (Å²) >= 11 is 5.40. The molecule has 24 heavy (non-hydrogen) atoms. The molecule has 1 unspecified atom stereocenters. The average molecular weight is 340 g/mol. The predicted molar refractivity (Wildman–Crippen MR) is 106 cm³/mol. The van der Waals surface area contributed by atoms with E-state index in [0.717, 1.165) is 35.5 Å². The van der Waals surface area contributed by atoms with E-state index in [2.05, 4.69) is 42.1 Å². The van der Waals surface area contributed by atoms with Crippen LogP contribution in [0, 0.1) is 0 Å². The van der Waals surface area contributed by atoms with Crippen LogP contribution in [0.25, 0.3) is 0 Å². The van der Waals surface area contributed by atoms with Gasteiger partial charge in [0.25, 0.3) is 0 Å². The number of hydrogen-bond donors (Lipinski definition) is 1. The van der Waals surface area contributed by atoms with Crippen LogP contribution >= 0.6 is 12.2 Å². The van der Waals surface area contributed by atoms with Crippen LogP contribution in [0.1, 0.15) is 43.4 Å². The summed E-state index contributed by atoms with van der Waals surface area (Å²) in [5.74, 6) is 0.514. The fraction of sp³-hybridized carbons (Fsp3) is 0.400. The van der Waals surface area contributed by atoms with Gasteiger partial charge in [-0.25, -0.2) is 4.99 Å². The first-order valence-corrected chi connectivity index (χ1v) is 9.08. The maximum Gasteiger partial charge on any atom is 0.132 e. The van der Waals surface area contributed by atoms with Crippen LogP contribution < -0.4 is 5.73 Å². The normalized spacial score (nSPS) is 21.6. The summed E-state index contributed by atoms with van der Waals surface area (Å²) in [6.45, 7) is 3.36. The summed E-state index contributed by atoms with van der Waals surface area (Å²) < 4.78 is 0. The van der Waals surface area contributed by atoms with Gasteiger partial charge in [0.05, 0.1) is 5.69 Å². The van der Waals surface area contributed by atoms with E-state index in [1.807, 2.05) is 18.2 Å².